The molecule has 1 aromatic heterocycles. The molecule has 2 aromatic rings. The molecular weight excluding hydrogens is 308 g/mol. The van der Waals surface area contributed by atoms with Gasteiger partial charge in [0.05, 0.1) is 17.3 Å². The number of hydrogen-bond donors (Lipinski definition) is 1. The van der Waals surface area contributed by atoms with Crippen LogP contribution < -0.4 is 5.32 Å². The van der Waals surface area contributed by atoms with Crippen LogP contribution >= 0.6 is 0 Å². The molecule has 23 heavy (non-hydrogen) atoms. The second-order valence-corrected chi connectivity index (χ2v) is 7.85. The topological polar surface area (TPSA) is 59.8 Å². The normalized spacial score (nSPS) is 18.8. The first kappa shape index (κ1) is 16.3. The summed E-state index contributed by atoms with van der Waals surface area (Å²) in [6.07, 6.45) is 2.02. The number of fused-ring (bicyclic) bond motifs is 1. The molecule has 124 valence electrons. The van der Waals surface area contributed by atoms with Crippen molar-refractivity contribution >= 4 is 10.8 Å². The molecule has 2 atom stereocenters. The van der Waals surface area contributed by atoms with E-state index in [2.05, 4.69) is 29.2 Å². The van der Waals surface area contributed by atoms with E-state index in [1.165, 1.54) is 0 Å². The third-order valence-electron chi connectivity index (χ3n) is 4.12. The number of rotatable bonds is 6. The zero-order valence-corrected chi connectivity index (χ0v) is 14.6. The Morgan fingerprint density at radius 1 is 1.35 bits per heavy atom. The maximum atomic E-state index is 12.2. The lowest BCUT2D eigenvalue weighted by Crippen LogP contribution is -2.39. The predicted molar refractivity (Wildman–Crippen MR) is 91.9 cm³/mol. The van der Waals surface area contributed by atoms with Crippen LogP contribution in [0.1, 0.15) is 37.8 Å². The van der Waals surface area contributed by atoms with Gasteiger partial charge in [0.25, 0.3) is 0 Å². The van der Waals surface area contributed by atoms with Gasteiger partial charge in [-0.3, -0.25) is 4.21 Å². The van der Waals surface area contributed by atoms with E-state index in [0.717, 1.165) is 42.5 Å². The predicted octanol–water partition coefficient (Wildman–Crippen LogP) is 2.11. The second kappa shape index (κ2) is 7.36. The van der Waals surface area contributed by atoms with Crippen LogP contribution in [0.5, 0.6) is 0 Å². The molecule has 6 heteroatoms. The molecule has 5 nitrogen and oxygen atoms in total. The minimum absolute atomic E-state index is 0.368. The van der Waals surface area contributed by atoms with Gasteiger partial charge in [-0.2, -0.15) is 5.10 Å². The molecule has 0 radical (unpaired) electrons. The monoisotopic (exact) mass is 332 g/mol. The SMILES string of the molecule is CC(C)c1nc2n(n1)C[C@@H](NCC[S@@](=O)c1ccccc1)CC2. The van der Waals surface area contributed by atoms with Crippen molar-refractivity contribution in [2.24, 2.45) is 0 Å². The molecule has 1 aliphatic heterocycles. The minimum atomic E-state index is -0.932. The summed E-state index contributed by atoms with van der Waals surface area (Å²) in [5.41, 5.74) is 0. The van der Waals surface area contributed by atoms with Crippen LogP contribution in [0.15, 0.2) is 35.2 Å². The van der Waals surface area contributed by atoms with Crippen molar-refractivity contribution in [2.45, 2.75) is 50.1 Å². The highest BCUT2D eigenvalue weighted by molar-refractivity contribution is 7.85. The van der Waals surface area contributed by atoms with E-state index in [1.54, 1.807) is 0 Å². The number of aromatic nitrogens is 3. The standard InChI is InChI=1S/C17H24N4OS/c1-13(2)17-19-16-9-8-14(12-21(16)20-17)18-10-11-23(22)15-6-4-3-5-7-15/h3-7,13-14,18H,8-12H2,1-2H3/t14-,23+/m0/s1. The van der Waals surface area contributed by atoms with Gasteiger partial charge in [0.2, 0.25) is 0 Å². The third kappa shape index (κ3) is 4.06. The third-order valence-corrected chi connectivity index (χ3v) is 5.49. The van der Waals surface area contributed by atoms with Crippen LogP contribution in [-0.2, 0) is 23.8 Å². The summed E-state index contributed by atoms with van der Waals surface area (Å²) in [5.74, 6) is 3.04. The van der Waals surface area contributed by atoms with Gasteiger partial charge in [0.1, 0.15) is 5.82 Å². The molecule has 0 saturated heterocycles. The smallest absolute Gasteiger partial charge is 0.153 e. The van der Waals surface area contributed by atoms with Crippen LogP contribution in [0.4, 0.5) is 0 Å². The number of nitrogens with one attached hydrogen (secondary N) is 1. The van der Waals surface area contributed by atoms with Crippen LogP contribution in [-0.4, -0.2) is 37.3 Å². The summed E-state index contributed by atoms with van der Waals surface area (Å²) < 4.78 is 14.2. The minimum Gasteiger partial charge on any atom is -0.311 e. The second-order valence-electron chi connectivity index (χ2n) is 6.28. The maximum Gasteiger partial charge on any atom is 0.153 e. The van der Waals surface area contributed by atoms with Crippen LogP contribution in [0.3, 0.4) is 0 Å². The number of benzene rings is 1. The molecule has 0 spiro atoms. The van der Waals surface area contributed by atoms with Crippen molar-refractivity contribution in [3.8, 4) is 0 Å². The summed E-state index contributed by atoms with van der Waals surface area (Å²) in [6.45, 7) is 5.85. The lowest BCUT2D eigenvalue weighted by atomic mass is 10.1. The van der Waals surface area contributed by atoms with Crippen molar-refractivity contribution in [3.63, 3.8) is 0 Å². The van der Waals surface area contributed by atoms with Gasteiger partial charge in [0, 0.05) is 35.6 Å². The van der Waals surface area contributed by atoms with E-state index in [9.17, 15) is 4.21 Å². The van der Waals surface area contributed by atoms with E-state index in [1.807, 2.05) is 35.0 Å². The van der Waals surface area contributed by atoms with Crippen LogP contribution in [0.2, 0.25) is 0 Å². The highest BCUT2D eigenvalue weighted by atomic mass is 32.2. The molecule has 0 bridgehead atoms. The molecule has 1 N–H and O–H groups in total. The number of aryl methyl sites for hydroxylation is 1. The Hall–Kier alpha value is -1.53. The molecule has 2 heterocycles. The van der Waals surface area contributed by atoms with Crippen molar-refractivity contribution in [1.29, 1.82) is 0 Å². The molecule has 1 aromatic carbocycles. The highest BCUT2D eigenvalue weighted by Crippen LogP contribution is 2.17. The number of nitrogens with zero attached hydrogens (tertiary/aromatic N) is 3. The van der Waals surface area contributed by atoms with Gasteiger partial charge >= 0.3 is 0 Å². The molecule has 0 fully saturated rings. The quantitative estimate of drug-likeness (QED) is 0.880. The van der Waals surface area contributed by atoms with Crippen molar-refractivity contribution < 1.29 is 4.21 Å². The summed E-state index contributed by atoms with van der Waals surface area (Å²) in [6, 6.07) is 10.0. The molecule has 1 aliphatic rings. The fourth-order valence-corrected chi connectivity index (χ4v) is 3.78. The summed E-state index contributed by atoms with van der Waals surface area (Å²) >= 11 is 0. The molecule has 0 unspecified atom stereocenters. The molecular formula is C17H24N4OS. The fourth-order valence-electron chi connectivity index (χ4n) is 2.79. The lowest BCUT2D eigenvalue weighted by molar-refractivity contribution is 0.365. The zero-order valence-electron chi connectivity index (χ0n) is 13.7. The van der Waals surface area contributed by atoms with Gasteiger partial charge < -0.3 is 5.32 Å². The van der Waals surface area contributed by atoms with E-state index in [-0.39, 0.29) is 0 Å². The Kier molecular flexibility index (Phi) is 5.23. The van der Waals surface area contributed by atoms with E-state index in [0.29, 0.717) is 17.7 Å². The Balaban J connectivity index is 1.49. The van der Waals surface area contributed by atoms with Gasteiger partial charge in [0.15, 0.2) is 5.82 Å². The Bertz CT molecular complexity index is 668. The van der Waals surface area contributed by atoms with Gasteiger partial charge in [-0.05, 0) is 18.6 Å². The van der Waals surface area contributed by atoms with Crippen molar-refractivity contribution in [2.75, 3.05) is 12.3 Å². The fraction of sp³-hybridized carbons (Fsp3) is 0.529. The summed E-state index contributed by atoms with van der Waals surface area (Å²) in [7, 11) is -0.932. The van der Waals surface area contributed by atoms with Gasteiger partial charge in [-0.1, -0.05) is 32.0 Å². The molecule has 3 rings (SSSR count). The van der Waals surface area contributed by atoms with E-state index >= 15 is 0 Å². The first-order chi connectivity index (χ1) is 11.1. The Morgan fingerprint density at radius 2 is 2.13 bits per heavy atom. The molecule has 0 aliphatic carbocycles. The Morgan fingerprint density at radius 3 is 2.87 bits per heavy atom. The first-order valence-corrected chi connectivity index (χ1v) is 9.56. The largest absolute Gasteiger partial charge is 0.311 e. The average molecular weight is 332 g/mol. The first-order valence-electron chi connectivity index (χ1n) is 8.24. The zero-order chi connectivity index (χ0) is 16.2. The Labute approximate surface area is 140 Å². The average Bonchev–Trinajstić information content (AvgIpc) is 2.99. The van der Waals surface area contributed by atoms with Gasteiger partial charge in [-0.25, -0.2) is 9.67 Å². The summed E-state index contributed by atoms with van der Waals surface area (Å²) in [4.78, 5) is 5.51. The van der Waals surface area contributed by atoms with Gasteiger partial charge in [-0.15, -0.1) is 0 Å². The summed E-state index contributed by atoms with van der Waals surface area (Å²) in [5, 5.41) is 8.12. The van der Waals surface area contributed by atoms with Crippen LogP contribution in [0, 0.1) is 0 Å². The van der Waals surface area contributed by atoms with E-state index in [4.69, 9.17) is 0 Å². The molecule has 0 saturated carbocycles. The maximum absolute atomic E-state index is 12.2. The highest BCUT2D eigenvalue weighted by Gasteiger charge is 2.22. The van der Waals surface area contributed by atoms with Crippen molar-refractivity contribution in [1.82, 2.24) is 20.1 Å². The molecule has 0 amide bonds. The lowest BCUT2D eigenvalue weighted by Gasteiger charge is -2.23. The van der Waals surface area contributed by atoms with Crippen LogP contribution in [0.25, 0.3) is 0 Å². The van der Waals surface area contributed by atoms with Crippen molar-refractivity contribution in [3.05, 3.63) is 42.0 Å². The van der Waals surface area contributed by atoms with E-state index < -0.39 is 10.8 Å². The number of hydrogen-bond acceptors (Lipinski definition) is 4.